The van der Waals surface area contributed by atoms with E-state index in [4.69, 9.17) is 5.11 Å². The zero-order chi connectivity index (χ0) is 10.8. The highest BCUT2D eigenvalue weighted by Gasteiger charge is 2.24. The lowest BCUT2D eigenvalue weighted by Gasteiger charge is -2.09. The Morgan fingerprint density at radius 2 is 2.07 bits per heavy atom. The summed E-state index contributed by atoms with van der Waals surface area (Å²) in [6.45, 7) is 5.67. The van der Waals surface area contributed by atoms with E-state index in [9.17, 15) is 0 Å². The molecule has 0 saturated heterocycles. The van der Waals surface area contributed by atoms with Crippen molar-refractivity contribution in [2.24, 2.45) is 5.92 Å². The molecule has 0 amide bonds. The normalized spacial score (nSPS) is 16.0. The third-order valence-corrected chi connectivity index (χ3v) is 2.88. The van der Waals surface area contributed by atoms with Crippen molar-refractivity contribution >= 4 is 0 Å². The van der Waals surface area contributed by atoms with Gasteiger partial charge in [0.05, 0.1) is 0 Å². The first-order valence-electron chi connectivity index (χ1n) is 5.80. The molecule has 0 aromatic heterocycles. The number of hydrogen-bond acceptors (Lipinski definition) is 1. The number of rotatable bonds is 4. The van der Waals surface area contributed by atoms with Crippen LogP contribution in [0, 0.1) is 12.5 Å². The van der Waals surface area contributed by atoms with E-state index >= 15 is 0 Å². The molecule has 1 saturated carbocycles. The molecule has 1 aromatic carbocycles. The molecular formula is C14H19O. The molecule has 0 atom stereocenters. The first kappa shape index (κ1) is 10.7. The largest absolute Gasteiger partial charge is 0.385 e. The van der Waals surface area contributed by atoms with Crippen LogP contribution in [0.25, 0.3) is 0 Å². The van der Waals surface area contributed by atoms with Crippen LogP contribution in [0.4, 0.5) is 0 Å². The van der Waals surface area contributed by atoms with Crippen molar-refractivity contribution in [2.45, 2.75) is 39.0 Å². The maximum Gasteiger partial charge on any atom is 0.109 e. The Morgan fingerprint density at radius 1 is 1.33 bits per heavy atom. The summed E-state index contributed by atoms with van der Waals surface area (Å²) in [6, 6.07) is 6.51. The van der Waals surface area contributed by atoms with Gasteiger partial charge in [0.1, 0.15) is 6.61 Å². The van der Waals surface area contributed by atoms with Crippen molar-refractivity contribution in [3.8, 4) is 0 Å². The Kier molecular flexibility index (Phi) is 3.11. The molecular weight excluding hydrogens is 184 g/mol. The second kappa shape index (κ2) is 4.36. The minimum atomic E-state index is 0.672. The standard InChI is InChI=1S/C14H19O/c1-10(2)5-11-6-12(9-15)8-14(7-11)13-3-4-13/h6-10,13,15H,3-5H2,1-2H3. The fourth-order valence-corrected chi connectivity index (χ4v) is 2.06. The predicted octanol–water partition coefficient (Wildman–Crippen LogP) is 3.64. The van der Waals surface area contributed by atoms with Crippen molar-refractivity contribution in [3.63, 3.8) is 0 Å². The lowest BCUT2D eigenvalue weighted by atomic mass is 9.97. The Balaban J connectivity index is 2.24. The molecule has 81 valence electrons. The molecule has 0 bridgehead atoms. The van der Waals surface area contributed by atoms with Gasteiger partial charge < -0.3 is 5.11 Å². The zero-order valence-corrected chi connectivity index (χ0v) is 9.53. The van der Waals surface area contributed by atoms with E-state index in [2.05, 4.69) is 32.0 Å². The summed E-state index contributed by atoms with van der Waals surface area (Å²) < 4.78 is 0. The summed E-state index contributed by atoms with van der Waals surface area (Å²) >= 11 is 0. The van der Waals surface area contributed by atoms with Gasteiger partial charge in [0.25, 0.3) is 0 Å². The molecule has 1 heteroatoms. The van der Waals surface area contributed by atoms with E-state index in [-0.39, 0.29) is 0 Å². The van der Waals surface area contributed by atoms with Gasteiger partial charge in [-0.1, -0.05) is 32.0 Å². The topological polar surface area (TPSA) is 20.2 Å². The van der Waals surface area contributed by atoms with Crippen LogP contribution in [0.2, 0.25) is 0 Å². The zero-order valence-electron chi connectivity index (χ0n) is 9.53. The molecule has 1 aliphatic carbocycles. The summed E-state index contributed by atoms with van der Waals surface area (Å²) in [7, 11) is 0. The number of aliphatic hydroxyl groups excluding tert-OH is 1. The summed E-state index contributed by atoms with van der Waals surface area (Å²) in [5.41, 5.74) is 3.72. The molecule has 2 rings (SSSR count). The highest BCUT2D eigenvalue weighted by atomic mass is 16.3. The first-order valence-corrected chi connectivity index (χ1v) is 5.80. The quantitative estimate of drug-likeness (QED) is 0.792. The summed E-state index contributed by atoms with van der Waals surface area (Å²) in [4.78, 5) is 0. The van der Waals surface area contributed by atoms with Crippen molar-refractivity contribution in [1.82, 2.24) is 0 Å². The molecule has 1 aromatic rings. The van der Waals surface area contributed by atoms with Crippen LogP contribution < -0.4 is 0 Å². The van der Waals surface area contributed by atoms with Crippen LogP contribution in [-0.4, -0.2) is 5.11 Å². The SMILES string of the molecule is CC(C)Cc1cc([CH]O)cc(C2CC2)c1. The smallest absolute Gasteiger partial charge is 0.109 e. The van der Waals surface area contributed by atoms with E-state index < -0.39 is 0 Å². The Bertz CT molecular complexity index is 337. The van der Waals surface area contributed by atoms with Gasteiger partial charge in [0.2, 0.25) is 0 Å². The lowest BCUT2D eigenvalue weighted by molar-refractivity contribution is 0.414. The molecule has 15 heavy (non-hydrogen) atoms. The minimum Gasteiger partial charge on any atom is -0.385 e. The van der Waals surface area contributed by atoms with Crippen LogP contribution in [0.5, 0.6) is 0 Å². The maximum absolute atomic E-state index is 9.10. The van der Waals surface area contributed by atoms with Crippen LogP contribution in [0.3, 0.4) is 0 Å². The van der Waals surface area contributed by atoms with Crippen molar-refractivity contribution in [2.75, 3.05) is 0 Å². The summed E-state index contributed by atoms with van der Waals surface area (Å²) in [5, 5.41) is 9.10. The molecule has 0 heterocycles. The lowest BCUT2D eigenvalue weighted by Crippen LogP contribution is -1.97. The molecule has 1 radical (unpaired) electrons. The van der Waals surface area contributed by atoms with Gasteiger partial charge in [0, 0.05) is 0 Å². The van der Waals surface area contributed by atoms with Gasteiger partial charge in [-0.25, -0.2) is 0 Å². The summed E-state index contributed by atoms with van der Waals surface area (Å²) in [5.74, 6) is 1.43. The molecule has 0 spiro atoms. The van der Waals surface area contributed by atoms with Gasteiger partial charge in [-0.15, -0.1) is 0 Å². The van der Waals surface area contributed by atoms with Crippen LogP contribution in [-0.2, 0) is 6.42 Å². The van der Waals surface area contributed by atoms with Gasteiger partial charge in [-0.05, 0) is 47.8 Å². The van der Waals surface area contributed by atoms with E-state index in [1.54, 1.807) is 0 Å². The number of benzene rings is 1. The van der Waals surface area contributed by atoms with Crippen LogP contribution >= 0.6 is 0 Å². The highest BCUT2D eigenvalue weighted by molar-refractivity contribution is 5.36. The number of aliphatic hydroxyl groups is 1. The van der Waals surface area contributed by atoms with E-state index in [0.717, 1.165) is 17.9 Å². The fourth-order valence-electron chi connectivity index (χ4n) is 2.06. The second-order valence-electron chi connectivity index (χ2n) is 5.01. The average Bonchev–Trinajstić information content (AvgIpc) is 2.99. The third-order valence-electron chi connectivity index (χ3n) is 2.88. The van der Waals surface area contributed by atoms with Crippen LogP contribution in [0.15, 0.2) is 18.2 Å². The fraction of sp³-hybridized carbons (Fsp3) is 0.500. The van der Waals surface area contributed by atoms with Crippen molar-refractivity contribution in [1.29, 1.82) is 0 Å². The molecule has 0 aliphatic heterocycles. The Morgan fingerprint density at radius 3 is 2.60 bits per heavy atom. The molecule has 1 nitrogen and oxygen atoms in total. The first-order chi connectivity index (χ1) is 7.19. The second-order valence-corrected chi connectivity index (χ2v) is 5.01. The highest BCUT2D eigenvalue weighted by Crippen LogP contribution is 2.40. The molecule has 1 fully saturated rings. The van der Waals surface area contributed by atoms with Crippen LogP contribution in [0.1, 0.15) is 49.3 Å². The van der Waals surface area contributed by atoms with Gasteiger partial charge in [0.15, 0.2) is 0 Å². The van der Waals surface area contributed by atoms with Gasteiger partial charge in [-0.3, -0.25) is 0 Å². The van der Waals surface area contributed by atoms with Crippen molar-refractivity contribution < 1.29 is 5.11 Å². The molecule has 1 aliphatic rings. The molecule has 0 unspecified atom stereocenters. The van der Waals surface area contributed by atoms with E-state index in [1.165, 1.54) is 30.6 Å². The van der Waals surface area contributed by atoms with Crippen molar-refractivity contribution in [3.05, 3.63) is 41.5 Å². The average molecular weight is 203 g/mol. The van der Waals surface area contributed by atoms with E-state index in [1.807, 2.05) is 0 Å². The van der Waals surface area contributed by atoms with Gasteiger partial charge in [-0.2, -0.15) is 0 Å². The summed E-state index contributed by atoms with van der Waals surface area (Å²) in [6.07, 6.45) is 3.73. The van der Waals surface area contributed by atoms with Gasteiger partial charge >= 0.3 is 0 Å². The molecule has 1 N–H and O–H groups in total. The maximum atomic E-state index is 9.10. The third kappa shape index (κ3) is 2.82. The minimum absolute atomic E-state index is 0.672. The number of hydrogen-bond donors (Lipinski definition) is 1. The monoisotopic (exact) mass is 203 g/mol. The Labute approximate surface area is 92.1 Å². The van der Waals surface area contributed by atoms with E-state index in [0.29, 0.717) is 5.92 Å². The predicted molar refractivity (Wildman–Crippen MR) is 62.3 cm³/mol. The Hall–Kier alpha value is -0.820.